The summed E-state index contributed by atoms with van der Waals surface area (Å²) in [5, 5.41) is 9.55. The van der Waals surface area contributed by atoms with Gasteiger partial charge in [0, 0.05) is 11.6 Å². The summed E-state index contributed by atoms with van der Waals surface area (Å²) < 4.78 is 6.55. The Morgan fingerprint density at radius 3 is 2.71 bits per heavy atom. The van der Waals surface area contributed by atoms with Crippen LogP contribution in [0.25, 0.3) is 10.9 Å². The van der Waals surface area contributed by atoms with E-state index in [-0.39, 0.29) is 17.5 Å². The molecule has 5 heteroatoms. The number of carbonyl (C=O) groups excluding carboxylic acids is 1. The molecular weight excluding hydrogens is 268 g/mol. The minimum atomic E-state index is -0.397. The quantitative estimate of drug-likeness (QED) is 0.809. The molecule has 0 N–H and O–H groups in total. The van der Waals surface area contributed by atoms with Crippen molar-refractivity contribution in [1.82, 2.24) is 4.57 Å². The highest BCUT2D eigenvalue weighted by Crippen LogP contribution is 2.19. The number of esters is 1. The zero-order valence-electron chi connectivity index (χ0n) is 12.3. The first kappa shape index (κ1) is 14.8. The summed E-state index contributed by atoms with van der Waals surface area (Å²) >= 11 is 0. The fraction of sp³-hybridized carbons (Fsp3) is 0.312. The van der Waals surface area contributed by atoms with Crippen LogP contribution in [0.1, 0.15) is 23.6 Å². The Balaban J connectivity index is 2.75. The van der Waals surface area contributed by atoms with Gasteiger partial charge in [-0.25, -0.2) is 0 Å². The topological polar surface area (TPSA) is 72.1 Å². The molecule has 21 heavy (non-hydrogen) atoms. The molecule has 0 fully saturated rings. The average Bonchev–Trinajstić information content (AvgIpc) is 2.41. The van der Waals surface area contributed by atoms with Crippen LogP contribution in [0.15, 0.2) is 23.1 Å². The molecule has 0 aliphatic heterocycles. The monoisotopic (exact) mass is 284 g/mol. The number of nitriles is 1. The van der Waals surface area contributed by atoms with Crippen molar-refractivity contribution in [3.8, 4) is 6.07 Å². The molecule has 1 aromatic heterocycles. The Bertz CT molecular complexity index is 813. The van der Waals surface area contributed by atoms with Crippen LogP contribution in [0, 0.1) is 25.2 Å². The molecule has 1 aromatic carbocycles. The van der Waals surface area contributed by atoms with Crippen LogP contribution < -0.4 is 5.43 Å². The molecule has 108 valence electrons. The Morgan fingerprint density at radius 2 is 2.10 bits per heavy atom. The van der Waals surface area contributed by atoms with Crippen molar-refractivity contribution in [1.29, 1.82) is 5.26 Å². The second kappa shape index (κ2) is 5.80. The summed E-state index contributed by atoms with van der Waals surface area (Å²) in [5.74, 6) is -0.397. The van der Waals surface area contributed by atoms with E-state index < -0.39 is 5.97 Å². The first-order chi connectivity index (χ1) is 9.97. The molecule has 0 unspecified atom stereocenters. The molecular formula is C16H16N2O3. The molecule has 0 spiro atoms. The lowest BCUT2D eigenvalue weighted by Gasteiger charge is -2.13. The zero-order valence-corrected chi connectivity index (χ0v) is 12.3. The van der Waals surface area contributed by atoms with E-state index in [4.69, 9.17) is 10.00 Å². The SMILES string of the molecule is CCOC(=O)Cn1cc(C#N)c(=O)c2cc(C)cc(C)c21. The van der Waals surface area contributed by atoms with Crippen LogP contribution in [0.5, 0.6) is 0 Å². The molecule has 1 heterocycles. The third-order valence-corrected chi connectivity index (χ3v) is 3.23. The maximum absolute atomic E-state index is 12.3. The molecule has 0 atom stereocenters. The number of aryl methyl sites for hydroxylation is 2. The summed E-state index contributed by atoms with van der Waals surface area (Å²) in [7, 11) is 0. The van der Waals surface area contributed by atoms with Crippen molar-refractivity contribution in [2.45, 2.75) is 27.3 Å². The highest BCUT2D eigenvalue weighted by atomic mass is 16.5. The molecule has 5 nitrogen and oxygen atoms in total. The van der Waals surface area contributed by atoms with Gasteiger partial charge in [0.25, 0.3) is 0 Å². The third kappa shape index (κ3) is 2.79. The second-order valence-electron chi connectivity index (χ2n) is 4.89. The van der Waals surface area contributed by atoms with E-state index in [9.17, 15) is 9.59 Å². The number of ether oxygens (including phenoxy) is 1. The number of aromatic nitrogens is 1. The van der Waals surface area contributed by atoms with E-state index in [0.717, 1.165) is 11.1 Å². The fourth-order valence-electron chi connectivity index (χ4n) is 2.49. The maximum atomic E-state index is 12.3. The van der Waals surface area contributed by atoms with Gasteiger partial charge in [0.15, 0.2) is 0 Å². The van der Waals surface area contributed by atoms with Crippen molar-refractivity contribution >= 4 is 16.9 Å². The van der Waals surface area contributed by atoms with Gasteiger partial charge >= 0.3 is 5.97 Å². The van der Waals surface area contributed by atoms with Crippen LogP contribution in [0.3, 0.4) is 0 Å². The Morgan fingerprint density at radius 1 is 1.38 bits per heavy atom. The largest absolute Gasteiger partial charge is 0.465 e. The van der Waals surface area contributed by atoms with Gasteiger partial charge in [-0.3, -0.25) is 9.59 Å². The standard InChI is InChI=1S/C16H16N2O3/c1-4-21-14(19)9-18-8-12(7-17)16(20)13-6-10(2)5-11(3)15(13)18/h5-6,8H,4,9H2,1-3H3. The van der Waals surface area contributed by atoms with Gasteiger partial charge in [-0.2, -0.15) is 5.26 Å². The number of benzene rings is 1. The smallest absolute Gasteiger partial charge is 0.325 e. The van der Waals surface area contributed by atoms with Crippen molar-refractivity contribution in [3.05, 3.63) is 45.2 Å². The highest BCUT2D eigenvalue weighted by molar-refractivity contribution is 5.85. The van der Waals surface area contributed by atoms with Gasteiger partial charge in [-0.05, 0) is 38.0 Å². The number of rotatable bonds is 3. The number of carbonyl (C=O) groups is 1. The molecule has 0 saturated heterocycles. The summed E-state index contributed by atoms with van der Waals surface area (Å²) in [5.41, 5.74) is 2.21. The molecule has 0 amide bonds. The summed E-state index contributed by atoms with van der Waals surface area (Å²) in [6.45, 7) is 5.77. The number of nitrogens with zero attached hydrogens (tertiary/aromatic N) is 2. The molecule has 0 radical (unpaired) electrons. The first-order valence-electron chi connectivity index (χ1n) is 6.68. The summed E-state index contributed by atoms with van der Waals surface area (Å²) in [4.78, 5) is 24.0. The van der Waals surface area contributed by atoms with Crippen molar-refractivity contribution < 1.29 is 9.53 Å². The first-order valence-corrected chi connectivity index (χ1v) is 6.68. The van der Waals surface area contributed by atoms with Gasteiger partial charge < -0.3 is 9.30 Å². The van der Waals surface area contributed by atoms with E-state index in [1.807, 2.05) is 26.0 Å². The predicted octanol–water partition coefficient (Wildman–Crippen LogP) is 2.05. The van der Waals surface area contributed by atoms with Crippen LogP contribution in [-0.4, -0.2) is 17.1 Å². The second-order valence-corrected chi connectivity index (χ2v) is 4.89. The van der Waals surface area contributed by atoms with Crippen LogP contribution in [0.2, 0.25) is 0 Å². The number of fused-ring (bicyclic) bond motifs is 1. The lowest BCUT2D eigenvalue weighted by atomic mass is 10.0. The third-order valence-electron chi connectivity index (χ3n) is 3.23. The number of pyridine rings is 1. The zero-order chi connectivity index (χ0) is 15.6. The van der Waals surface area contributed by atoms with E-state index in [1.54, 1.807) is 17.6 Å². The Kier molecular flexibility index (Phi) is 4.08. The molecule has 2 aromatic rings. The normalized spacial score (nSPS) is 10.4. The van der Waals surface area contributed by atoms with Crippen LogP contribution in [0.4, 0.5) is 0 Å². The maximum Gasteiger partial charge on any atom is 0.325 e. The lowest BCUT2D eigenvalue weighted by molar-refractivity contribution is -0.143. The van der Waals surface area contributed by atoms with Gasteiger partial charge in [0.05, 0.1) is 12.1 Å². The fourth-order valence-corrected chi connectivity index (χ4v) is 2.49. The predicted molar refractivity (Wildman–Crippen MR) is 79.0 cm³/mol. The Labute approximate surface area is 122 Å². The van der Waals surface area contributed by atoms with E-state index in [0.29, 0.717) is 17.5 Å². The molecule has 2 rings (SSSR count). The van der Waals surface area contributed by atoms with Gasteiger partial charge in [0.2, 0.25) is 5.43 Å². The van der Waals surface area contributed by atoms with Crippen molar-refractivity contribution in [2.75, 3.05) is 6.61 Å². The molecule has 0 bridgehead atoms. The molecule has 0 saturated carbocycles. The number of hydrogen-bond acceptors (Lipinski definition) is 4. The van der Waals surface area contributed by atoms with Gasteiger partial charge in [-0.1, -0.05) is 6.07 Å². The minimum Gasteiger partial charge on any atom is -0.465 e. The van der Waals surface area contributed by atoms with E-state index >= 15 is 0 Å². The van der Waals surface area contributed by atoms with Crippen LogP contribution >= 0.6 is 0 Å². The highest BCUT2D eigenvalue weighted by Gasteiger charge is 2.14. The molecule has 0 aliphatic rings. The van der Waals surface area contributed by atoms with Crippen molar-refractivity contribution in [2.24, 2.45) is 0 Å². The Hall–Kier alpha value is -2.61. The number of hydrogen-bond donors (Lipinski definition) is 0. The summed E-state index contributed by atoms with van der Waals surface area (Å²) in [6, 6.07) is 5.57. The van der Waals surface area contributed by atoms with Crippen LogP contribution in [-0.2, 0) is 16.1 Å². The minimum absolute atomic E-state index is 0.0246. The van der Waals surface area contributed by atoms with Crippen molar-refractivity contribution in [3.63, 3.8) is 0 Å². The van der Waals surface area contributed by atoms with E-state index in [1.165, 1.54) is 6.20 Å². The van der Waals surface area contributed by atoms with Gasteiger partial charge in [0.1, 0.15) is 18.2 Å². The molecule has 0 aliphatic carbocycles. The van der Waals surface area contributed by atoms with E-state index in [2.05, 4.69) is 0 Å². The lowest BCUT2D eigenvalue weighted by Crippen LogP contribution is -2.19. The summed E-state index contributed by atoms with van der Waals surface area (Å²) in [6.07, 6.45) is 1.42. The van der Waals surface area contributed by atoms with Gasteiger partial charge in [-0.15, -0.1) is 0 Å². The average molecular weight is 284 g/mol.